The van der Waals surface area contributed by atoms with E-state index in [0.29, 0.717) is 5.92 Å². The Hall–Kier alpha value is -0.0400. The maximum Gasteiger partial charge on any atom is 0.190 e. The molecule has 21 heavy (non-hydrogen) atoms. The van der Waals surface area contributed by atoms with Gasteiger partial charge in [0.05, 0.1) is 0 Å². The molecular weight excluding hydrogens is 375 g/mol. The first kappa shape index (κ1) is 21.0. The fourth-order valence-corrected chi connectivity index (χ4v) is 2.68. The number of aliphatic imine (C=N–C) groups is 1. The number of rotatable bonds is 7. The molecular formula is C16H35IN4. The van der Waals surface area contributed by atoms with E-state index in [1.807, 2.05) is 7.05 Å². The zero-order valence-electron chi connectivity index (χ0n) is 14.3. The molecule has 0 radical (unpaired) electrons. The lowest BCUT2D eigenvalue weighted by atomic mass is 10.0. The number of guanidine groups is 1. The largest absolute Gasteiger partial charge is 0.356 e. The van der Waals surface area contributed by atoms with Crippen LogP contribution in [0.4, 0.5) is 0 Å². The first-order valence-corrected chi connectivity index (χ1v) is 8.28. The molecule has 1 atom stereocenters. The third kappa shape index (κ3) is 10.3. The van der Waals surface area contributed by atoms with Crippen LogP contribution in [0.1, 0.15) is 46.5 Å². The predicted octanol–water partition coefficient (Wildman–Crippen LogP) is 2.94. The van der Waals surface area contributed by atoms with Crippen molar-refractivity contribution in [2.24, 2.45) is 16.8 Å². The SMILES string of the molecule is CN=C(NCCCCN1CCCC(C)C1)NCC(C)C.I. The van der Waals surface area contributed by atoms with Gasteiger partial charge in [0.2, 0.25) is 0 Å². The van der Waals surface area contributed by atoms with E-state index in [9.17, 15) is 0 Å². The molecule has 0 bridgehead atoms. The lowest BCUT2D eigenvalue weighted by Gasteiger charge is -2.30. The van der Waals surface area contributed by atoms with Crippen molar-refractivity contribution >= 4 is 29.9 Å². The van der Waals surface area contributed by atoms with Crippen LogP contribution in [0.5, 0.6) is 0 Å². The summed E-state index contributed by atoms with van der Waals surface area (Å²) in [5, 5.41) is 6.74. The van der Waals surface area contributed by atoms with E-state index in [2.05, 4.69) is 41.3 Å². The molecule has 1 saturated heterocycles. The monoisotopic (exact) mass is 410 g/mol. The Balaban J connectivity index is 0.00000400. The van der Waals surface area contributed by atoms with Gasteiger partial charge in [-0.1, -0.05) is 20.8 Å². The van der Waals surface area contributed by atoms with E-state index in [-0.39, 0.29) is 24.0 Å². The lowest BCUT2D eigenvalue weighted by Crippen LogP contribution is -2.39. The average Bonchev–Trinajstić information content (AvgIpc) is 2.41. The molecule has 1 rings (SSSR count). The molecule has 0 aliphatic carbocycles. The number of hydrogen-bond donors (Lipinski definition) is 2. The Bertz CT molecular complexity index is 281. The van der Waals surface area contributed by atoms with Crippen LogP contribution in [-0.4, -0.2) is 50.6 Å². The molecule has 1 unspecified atom stereocenters. The zero-order chi connectivity index (χ0) is 14.8. The van der Waals surface area contributed by atoms with E-state index >= 15 is 0 Å². The summed E-state index contributed by atoms with van der Waals surface area (Å²) >= 11 is 0. The Morgan fingerprint density at radius 2 is 2.05 bits per heavy atom. The number of hydrogen-bond acceptors (Lipinski definition) is 2. The fraction of sp³-hybridized carbons (Fsp3) is 0.938. The van der Waals surface area contributed by atoms with Crippen LogP contribution >= 0.6 is 24.0 Å². The number of nitrogens with zero attached hydrogens (tertiary/aromatic N) is 2. The third-order valence-electron chi connectivity index (χ3n) is 3.84. The second kappa shape index (κ2) is 12.5. The van der Waals surface area contributed by atoms with Gasteiger partial charge in [0, 0.05) is 26.7 Å². The maximum atomic E-state index is 4.24. The average molecular weight is 410 g/mol. The van der Waals surface area contributed by atoms with E-state index in [0.717, 1.165) is 25.0 Å². The second-order valence-corrected chi connectivity index (χ2v) is 6.53. The lowest BCUT2D eigenvalue weighted by molar-refractivity contribution is 0.181. The van der Waals surface area contributed by atoms with Gasteiger partial charge in [0.25, 0.3) is 0 Å². The normalized spacial score (nSPS) is 20.2. The van der Waals surface area contributed by atoms with E-state index in [1.165, 1.54) is 45.3 Å². The second-order valence-electron chi connectivity index (χ2n) is 6.53. The molecule has 1 aliphatic heterocycles. The predicted molar refractivity (Wildman–Crippen MR) is 104 cm³/mol. The van der Waals surface area contributed by atoms with Gasteiger partial charge >= 0.3 is 0 Å². The van der Waals surface area contributed by atoms with Crippen LogP contribution in [-0.2, 0) is 0 Å². The highest BCUT2D eigenvalue weighted by molar-refractivity contribution is 14.0. The van der Waals surface area contributed by atoms with Gasteiger partial charge in [0.15, 0.2) is 5.96 Å². The standard InChI is InChI=1S/C16H34N4.HI/c1-14(2)12-19-16(17-4)18-9-5-6-10-20-11-7-8-15(3)13-20;/h14-15H,5-13H2,1-4H3,(H2,17,18,19);1H. The number of likely N-dealkylation sites (tertiary alicyclic amines) is 1. The van der Waals surface area contributed by atoms with Gasteiger partial charge in [0.1, 0.15) is 0 Å². The summed E-state index contributed by atoms with van der Waals surface area (Å²) in [6.07, 6.45) is 5.29. The molecule has 126 valence electrons. The minimum Gasteiger partial charge on any atom is -0.356 e. The molecule has 0 saturated carbocycles. The molecule has 1 fully saturated rings. The Kier molecular flexibility index (Phi) is 12.5. The molecule has 0 aromatic rings. The van der Waals surface area contributed by atoms with E-state index < -0.39 is 0 Å². The quantitative estimate of drug-likeness (QED) is 0.294. The van der Waals surface area contributed by atoms with Crippen molar-refractivity contribution in [2.75, 3.05) is 39.8 Å². The summed E-state index contributed by atoms with van der Waals surface area (Å²) in [7, 11) is 1.84. The smallest absolute Gasteiger partial charge is 0.190 e. The van der Waals surface area contributed by atoms with Crippen molar-refractivity contribution in [1.82, 2.24) is 15.5 Å². The highest BCUT2D eigenvalue weighted by Crippen LogP contribution is 2.15. The van der Waals surface area contributed by atoms with Gasteiger partial charge in [-0.25, -0.2) is 0 Å². The van der Waals surface area contributed by atoms with E-state index in [1.54, 1.807) is 0 Å². The highest BCUT2D eigenvalue weighted by Gasteiger charge is 2.15. The first-order valence-electron chi connectivity index (χ1n) is 8.28. The summed E-state index contributed by atoms with van der Waals surface area (Å²) in [5.41, 5.74) is 0. The Morgan fingerprint density at radius 1 is 1.29 bits per heavy atom. The molecule has 4 nitrogen and oxygen atoms in total. The van der Waals surface area contributed by atoms with Gasteiger partial charge in [-0.2, -0.15) is 0 Å². The number of piperidine rings is 1. The highest BCUT2D eigenvalue weighted by atomic mass is 127. The Labute approximate surface area is 148 Å². The molecule has 1 aliphatic rings. The summed E-state index contributed by atoms with van der Waals surface area (Å²) in [5.74, 6) is 2.47. The van der Waals surface area contributed by atoms with Crippen molar-refractivity contribution in [3.8, 4) is 0 Å². The van der Waals surface area contributed by atoms with Gasteiger partial charge in [-0.3, -0.25) is 4.99 Å². The molecule has 1 heterocycles. The van der Waals surface area contributed by atoms with Crippen LogP contribution in [0.2, 0.25) is 0 Å². The Morgan fingerprint density at radius 3 is 2.67 bits per heavy atom. The van der Waals surface area contributed by atoms with Crippen molar-refractivity contribution in [3.63, 3.8) is 0 Å². The molecule has 0 aromatic heterocycles. The molecule has 0 aromatic carbocycles. The van der Waals surface area contributed by atoms with Crippen LogP contribution < -0.4 is 10.6 Å². The van der Waals surface area contributed by atoms with Crippen LogP contribution in [0.15, 0.2) is 4.99 Å². The van der Waals surface area contributed by atoms with Crippen LogP contribution in [0.3, 0.4) is 0 Å². The molecule has 2 N–H and O–H groups in total. The molecule has 0 spiro atoms. The number of nitrogens with one attached hydrogen (secondary N) is 2. The minimum atomic E-state index is 0. The summed E-state index contributed by atoms with van der Waals surface area (Å²) in [6.45, 7) is 12.6. The topological polar surface area (TPSA) is 39.7 Å². The van der Waals surface area contributed by atoms with Crippen LogP contribution in [0.25, 0.3) is 0 Å². The summed E-state index contributed by atoms with van der Waals surface area (Å²) in [6, 6.07) is 0. The van der Waals surface area contributed by atoms with Crippen molar-refractivity contribution in [3.05, 3.63) is 0 Å². The van der Waals surface area contributed by atoms with E-state index in [4.69, 9.17) is 0 Å². The number of unbranched alkanes of at least 4 members (excludes halogenated alkanes) is 1. The van der Waals surface area contributed by atoms with Crippen molar-refractivity contribution in [2.45, 2.75) is 46.5 Å². The number of halogens is 1. The first-order chi connectivity index (χ1) is 9.61. The van der Waals surface area contributed by atoms with Gasteiger partial charge < -0.3 is 15.5 Å². The third-order valence-corrected chi connectivity index (χ3v) is 3.84. The van der Waals surface area contributed by atoms with Crippen molar-refractivity contribution < 1.29 is 0 Å². The fourth-order valence-electron chi connectivity index (χ4n) is 2.68. The van der Waals surface area contributed by atoms with Gasteiger partial charge in [-0.05, 0) is 50.6 Å². The minimum absolute atomic E-state index is 0. The summed E-state index contributed by atoms with van der Waals surface area (Å²) in [4.78, 5) is 6.87. The van der Waals surface area contributed by atoms with Crippen molar-refractivity contribution in [1.29, 1.82) is 0 Å². The zero-order valence-corrected chi connectivity index (χ0v) is 16.7. The molecule has 5 heteroatoms. The van der Waals surface area contributed by atoms with Gasteiger partial charge in [-0.15, -0.1) is 24.0 Å². The summed E-state index contributed by atoms with van der Waals surface area (Å²) < 4.78 is 0. The van der Waals surface area contributed by atoms with Crippen LogP contribution in [0, 0.1) is 11.8 Å². The molecule has 0 amide bonds. The maximum absolute atomic E-state index is 4.24.